The van der Waals surface area contributed by atoms with Gasteiger partial charge in [-0.05, 0) is 50.5 Å². The maximum absolute atomic E-state index is 3.60. The molecule has 1 aliphatic carbocycles. The molecule has 0 heterocycles. The van der Waals surface area contributed by atoms with Gasteiger partial charge < -0.3 is 5.32 Å². The molecule has 1 aliphatic rings. The van der Waals surface area contributed by atoms with Crippen molar-refractivity contribution in [1.82, 2.24) is 5.32 Å². The van der Waals surface area contributed by atoms with Crippen molar-refractivity contribution in [3.8, 4) is 0 Å². The molecule has 19 heavy (non-hydrogen) atoms. The minimum absolute atomic E-state index is 0.606. The predicted molar refractivity (Wildman–Crippen MR) is 86.6 cm³/mol. The first-order chi connectivity index (χ1) is 9.09. The summed E-state index contributed by atoms with van der Waals surface area (Å²) < 4.78 is 0. The van der Waals surface area contributed by atoms with E-state index in [1.54, 1.807) is 0 Å². The van der Waals surface area contributed by atoms with Crippen molar-refractivity contribution in [3.63, 3.8) is 0 Å². The Morgan fingerprint density at radius 1 is 1.00 bits per heavy atom. The van der Waals surface area contributed by atoms with E-state index in [0.717, 1.165) is 12.0 Å². The fourth-order valence-electron chi connectivity index (χ4n) is 3.58. The lowest BCUT2D eigenvalue weighted by atomic mass is 9.70. The second-order valence-electron chi connectivity index (χ2n) is 7.45. The van der Waals surface area contributed by atoms with Gasteiger partial charge in [0.2, 0.25) is 0 Å². The van der Waals surface area contributed by atoms with Crippen molar-refractivity contribution in [2.75, 3.05) is 7.05 Å². The van der Waals surface area contributed by atoms with E-state index in [2.05, 4.69) is 33.1 Å². The van der Waals surface area contributed by atoms with Crippen molar-refractivity contribution >= 4 is 0 Å². The normalized spacial score (nSPS) is 21.5. The molecular formula is C18H37N. The molecule has 0 spiro atoms. The predicted octanol–water partition coefficient (Wildman–Crippen LogP) is 5.54. The molecule has 0 radical (unpaired) electrons. The number of rotatable bonds is 9. The average Bonchev–Trinajstić information content (AvgIpc) is 2.39. The van der Waals surface area contributed by atoms with Gasteiger partial charge in [-0.1, -0.05) is 59.3 Å². The minimum atomic E-state index is 0.606. The maximum Gasteiger partial charge on any atom is 0.00923 e. The van der Waals surface area contributed by atoms with Crippen LogP contribution < -0.4 is 5.32 Å². The molecule has 114 valence electrons. The number of hydrogen-bond acceptors (Lipinski definition) is 1. The van der Waals surface area contributed by atoms with E-state index in [1.165, 1.54) is 70.6 Å². The summed E-state index contributed by atoms with van der Waals surface area (Å²) >= 11 is 0. The summed E-state index contributed by atoms with van der Waals surface area (Å²) in [5, 5.41) is 3.60. The van der Waals surface area contributed by atoms with Crippen LogP contribution in [0.5, 0.6) is 0 Å². The molecule has 1 heteroatoms. The Labute approximate surface area is 121 Å². The Balaban J connectivity index is 2.15. The van der Waals surface area contributed by atoms with Crippen LogP contribution in [0, 0.1) is 11.3 Å². The van der Waals surface area contributed by atoms with Crippen LogP contribution in [-0.2, 0) is 0 Å². The molecule has 1 N–H and O–H groups in total. The number of unbranched alkanes of at least 4 members (excludes halogenated alkanes) is 5. The summed E-state index contributed by atoms with van der Waals surface area (Å²) in [4.78, 5) is 0. The summed E-state index contributed by atoms with van der Waals surface area (Å²) in [7, 11) is 2.17. The quantitative estimate of drug-likeness (QED) is 0.541. The van der Waals surface area contributed by atoms with Crippen LogP contribution in [0.4, 0.5) is 0 Å². The van der Waals surface area contributed by atoms with Crippen LogP contribution in [0.3, 0.4) is 0 Å². The summed E-state index contributed by atoms with van der Waals surface area (Å²) in [6, 6.07) is 0.780. The summed E-state index contributed by atoms with van der Waals surface area (Å²) in [6.45, 7) is 7.16. The lowest BCUT2D eigenvalue weighted by Crippen LogP contribution is -2.37. The zero-order chi connectivity index (χ0) is 14.1. The second kappa shape index (κ2) is 9.00. The van der Waals surface area contributed by atoms with E-state index in [-0.39, 0.29) is 0 Å². The van der Waals surface area contributed by atoms with Gasteiger partial charge in [0.15, 0.2) is 0 Å². The smallest absolute Gasteiger partial charge is 0.00923 e. The third-order valence-electron chi connectivity index (χ3n) is 5.19. The van der Waals surface area contributed by atoms with Gasteiger partial charge in [-0.15, -0.1) is 0 Å². The largest absolute Gasteiger partial charge is 0.317 e. The molecule has 0 bridgehead atoms. The fraction of sp³-hybridized carbons (Fsp3) is 1.00. The molecule has 1 fully saturated rings. The monoisotopic (exact) mass is 267 g/mol. The van der Waals surface area contributed by atoms with Gasteiger partial charge in [-0.2, -0.15) is 0 Å². The summed E-state index contributed by atoms with van der Waals surface area (Å²) in [5.74, 6) is 0.939. The molecule has 1 atom stereocenters. The SMILES string of the molecule is CCCCCCCCC(NC)C1CCC(C)(C)CC1. The first kappa shape index (κ1) is 17.0. The molecule has 0 amide bonds. The van der Waals surface area contributed by atoms with Crippen LogP contribution in [0.2, 0.25) is 0 Å². The molecule has 0 aromatic heterocycles. The lowest BCUT2D eigenvalue weighted by Gasteiger charge is -2.38. The van der Waals surface area contributed by atoms with Gasteiger partial charge in [0, 0.05) is 6.04 Å². The average molecular weight is 268 g/mol. The third kappa shape index (κ3) is 6.79. The molecular weight excluding hydrogens is 230 g/mol. The molecule has 0 aromatic carbocycles. The van der Waals surface area contributed by atoms with Gasteiger partial charge in [-0.3, -0.25) is 0 Å². The molecule has 1 nitrogen and oxygen atoms in total. The number of hydrogen-bond donors (Lipinski definition) is 1. The van der Waals surface area contributed by atoms with E-state index >= 15 is 0 Å². The molecule has 1 saturated carbocycles. The zero-order valence-electron chi connectivity index (χ0n) is 13.9. The van der Waals surface area contributed by atoms with Crippen molar-refractivity contribution in [2.45, 2.75) is 97.4 Å². The molecule has 0 aliphatic heterocycles. The Bertz CT molecular complexity index is 212. The van der Waals surface area contributed by atoms with Gasteiger partial charge in [0.05, 0.1) is 0 Å². The van der Waals surface area contributed by atoms with Crippen LogP contribution in [0.25, 0.3) is 0 Å². The van der Waals surface area contributed by atoms with Gasteiger partial charge in [0.1, 0.15) is 0 Å². The highest BCUT2D eigenvalue weighted by Crippen LogP contribution is 2.39. The lowest BCUT2D eigenvalue weighted by molar-refractivity contribution is 0.159. The Kier molecular flexibility index (Phi) is 8.06. The van der Waals surface area contributed by atoms with E-state index in [1.807, 2.05) is 0 Å². The highest BCUT2D eigenvalue weighted by molar-refractivity contribution is 4.84. The van der Waals surface area contributed by atoms with Crippen LogP contribution >= 0.6 is 0 Å². The Morgan fingerprint density at radius 3 is 2.16 bits per heavy atom. The first-order valence-corrected chi connectivity index (χ1v) is 8.76. The van der Waals surface area contributed by atoms with E-state index in [9.17, 15) is 0 Å². The zero-order valence-corrected chi connectivity index (χ0v) is 13.9. The van der Waals surface area contributed by atoms with Gasteiger partial charge in [-0.25, -0.2) is 0 Å². The molecule has 1 unspecified atom stereocenters. The van der Waals surface area contributed by atoms with Crippen molar-refractivity contribution < 1.29 is 0 Å². The van der Waals surface area contributed by atoms with Gasteiger partial charge in [0.25, 0.3) is 0 Å². The second-order valence-corrected chi connectivity index (χ2v) is 7.45. The summed E-state index contributed by atoms with van der Waals surface area (Å²) in [6.07, 6.45) is 15.7. The van der Waals surface area contributed by atoms with E-state index in [4.69, 9.17) is 0 Å². The molecule has 0 saturated heterocycles. The Morgan fingerprint density at radius 2 is 1.58 bits per heavy atom. The fourth-order valence-corrected chi connectivity index (χ4v) is 3.58. The minimum Gasteiger partial charge on any atom is -0.317 e. The van der Waals surface area contributed by atoms with Gasteiger partial charge >= 0.3 is 0 Å². The van der Waals surface area contributed by atoms with Crippen LogP contribution in [-0.4, -0.2) is 13.1 Å². The van der Waals surface area contributed by atoms with Crippen molar-refractivity contribution in [1.29, 1.82) is 0 Å². The van der Waals surface area contributed by atoms with Crippen molar-refractivity contribution in [3.05, 3.63) is 0 Å². The van der Waals surface area contributed by atoms with E-state index in [0.29, 0.717) is 5.41 Å². The third-order valence-corrected chi connectivity index (χ3v) is 5.19. The number of nitrogens with one attached hydrogen (secondary N) is 1. The highest BCUT2D eigenvalue weighted by Gasteiger charge is 2.30. The molecule has 0 aromatic rings. The maximum atomic E-state index is 3.60. The topological polar surface area (TPSA) is 12.0 Å². The Hall–Kier alpha value is -0.0400. The van der Waals surface area contributed by atoms with Crippen molar-refractivity contribution in [2.24, 2.45) is 11.3 Å². The molecule has 1 rings (SSSR count). The standard InChI is InChI=1S/C18H37N/c1-5-6-7-8-9-10-11-17(19-4)16-12-14-18(2,3)15-13-16/h16-17,19H,5-15H2,1-4H3. The van der Waals surface area contributed by atoms with Crippen LogP contribution in [0.1, 0.15) is 91.4 Å². The van der Waals surface area contributed by atoms with Crippen LogP contribution in [0.15, 0.2) is 0 Å². The van der Waals surface area contributed by atoms with E-state index < -0.39 is 0 Å². The summed E-state index contributed by atoms with van der Waals surface area (Å²) in [5.41, 5.74) is 0.606. The highest BCUT2D eigenvalue weighted by atomic mass is 14.9. The first-order valence-electron chi connectivity index (χ1n) is 8.76.